The van der Waals surface area contributed by atoms with Gasteiger partial charge in [0.2, 0.25) is 0 Å². The van der Waals surface area contributed by atoms with Gasteiger partial charge in [-0.3, -0.25) is 14.5 Å². The van der Waals surface area contributed by atoms with Gasteiger partial charge in [0.15, 0.2) is 10.9 Å². The highest BCUT2D eigenvalue weighted by molar-refractivity contribution is 7.22. The van der Waals surface area contributed by atoms with Crippen LogP contribution in [0.5, 0.6) is 0 Å². The van der Waals surface area contributed by atoms with Gasteiger partial charge in [0.1, 0.15) is 11.3 Å². The van der Waals surface area contributed by atoms with Gasteiger partial charge in [-0.15, -0.1) is 0 Å². The van der Waals surface area contributed by atoms with Gasteiger partial charge < -0.3 is 9.51 Å². The van der Waals surface area contributed by atoms with E-state index in [1.807, 2.05) is 92.9 Å². The van der Waals surface area contributed by atoms with Crippen LogP contribution in [0.25, 0.3) is 21.6 Å². The van der Waals surface area contributed by atoms with Crippen molar-refractivity contribution in [1.82, 2.24) is 14.4 Å². The van der Waals surface area contributed by atoms with Crippen molar-refractivity contribution in [1.29, 1.82) is 0 Å². The molecule has 1 aliphatic rings. The van der Waals surface area contributed by atoms with Gasteiger partial charge in [0, 0.05) is 6.20 Å². The van der Waals surface area contributed by atoms with E-state index >= 15 is 0 Å². The minimum absolute atomic E-state index is 0.00782. The van der Waals surface area contributed by atoms with Crippen molar-refractivity contribution < 1.29 is 14.7 Å². The van der Waals surface area contributed by atoms with Crippen molar-refractivity contribution in [3.8, 4) is 0 Å². The van der Waals surface area contributed by atoms with E-state index in [9.17, 15) is 14.7 Å². The average Bonchev–Trinajstić information content (AvgIpc) is 3.52. The molecule has 184 valence electrons. The lowest BCUT2D eigenvalue weighted by Gasteiger charge is -2.23. The number of benzene rings is 2. The van der Waals surface area contributed by atoms with Crippen LogP contribution in [-0.4, -0.2) is 31.2 Å². The summed E-state index contributed by atoms with van der Waals surface area (Å²) in [5.41, 5.74) is 6.17. The molecule has 1 atom stereocenters. The minimum atomic E-state index is -0.840. The average molecular weight is 509 g/mol. The Balaban J connectivity index is 1.60. The molecule has 4 heterocycles. The number of Topliss-reactive ketones (excluding diaryl/α,β-unsaturated/α-hetero) is 1. The maximum atomic E-state index is 13.6. The van der Waals surface area contributed by atoms with Crippen LogP contribution in [0.3, 0.4) is 0 Å². The smallest absolute Gasteiger partial charge is 0.301 e. The van der Waals surface area contributed by atoms with E-state index < -0.39 is 17.7 Å². The molecule has 0 saturated carbocycles. The molecule has 2 aromatic carbocycles. The number of hydrogen-bond acceptors (Lipinski definition) is 6. The molecule has 0 aliphatic carbocycles. The molecule has 6 rings (SSSR count). The molecule has 5 aromatic rings. The molecule has 7 nitrogen and oxygen atoms in total. The summed E-state index contributed by atoms with van der Waals surface area (Å²) in [6.07, 6.45) is 1.86. The second kappa shape index (κ2) is 8.38. The van der Waals surface area contributed by atoms with Crippen LogP contribution in [-0.2, 0) is 9.59 Å². The number of rotatable bonds is 3. The Bertz CT molecular complexity index is 1780. The fourth-order valence-electron chi connectivity index (χ4n) is 4.89. The molecule has 3 aromatic heterocycles. The summed E-state index contributed by atoms with van der Waals surface area (Å²) in [6.45, 7) is 7.74. The normalized spacial score (nSPS) is 17.4. The van der Waals surface area contributed by atoms with Crippen LogP contribution >= 0.6 is 11.3 Å². The standard InChI is InChI=1S/C29H24N4O3S/c1-15-7-10-19(11-8-15)24-22(25(34)23-18(4)32-13-5-6-17(3)27(32)31-23)26(35)28(36)33(24)29-30-20-12-9-16(2)14-21(20)37-29/h5-14,24,34H,1-4H3/b25-22+. The van der Waals surface area contributed by atoms with Crippen LogP contribution in [0.2, 0.25) is 0 Å². The number of aryl methyl sites for hydroxylation is 4. The molecule has 0 bridgehead atoms. The van der Waals surface area contributed by atoms with Gasteiger partial charge in [0.05, 0.1) is 27.5 Å². The van der Waals surface area contributed by atoms with Crippen LogP contribution in [0.15, 0.2) is 66.4 Å². The zero-order valence-electron chi connectivity index (χ0n) is 20.8. The Morgan fingerprint density at radius 1 is 0.946 bits per heavy atom. The summed E-state index contributed by atoms with van der Waals surface area (Å²) in [5, 5.41) is 12.0. The molecule has 1 N–H and O–H groups in total. The first kappa shape index (κ1) is 23.1. The highest BCUT2D eigenvalue weighted by atomic mass is 32.1. The van der Waals surface area contributed by atoms with E-state index in [2.05, 4.69) is 4.98 Å². The number of hydrogen-bond donors (Lipinski definition) is 1. The SMILES string of the molecule is Cc1ccc(C2/C(=C(\O)c3nc4c(C)cccn4c3C)C(=O)C(=O)N2c2nc3ccc(C)cc3s2)cc1. The first-order valence-electron chi connectivity index (χ1n) is 11.9. The molecule has 1 unspecified atom stereocenters. The predicted molar refractivity (Wildman–Crippen MR) is 145 cm³/mol. The van der Waals surface area contributed by atoms with Crippen LogP contribution in [0.1, 0.15) is 39.7 Å². The number of aliphatic hydroxyl groups is 1. The fourth-order valence-corrected chi connectivity index (χ4v) is 5.98. The Morgan fingerprint density at radius 2 is 1.68 bits per heavy atom. The number of thiazole rings is 1. The zero-order chi connectivity index (χ0) is 26.0. The molecule has 0 radical (unpaired) electrons. The maximum absolute atomic E-state index is 13.6. The Hall–Kier alpha value is -4.30. The number of carbonyl (C=O) groups excluding carboxylic acids is 2. The number of amides is 1. The molecular formula is C29H24N4O3S. The topological polar surface area (TPSA) is 87.8 Å². The number of imidazole rings is 1. The Kier molecular flexibility index (Phi) is 5.24. The van der Waals surface area contributed by atoms with Gasteiger partial charge in [-0.2, -0.15) is 0 Å². The van der Waals surface area contributed by atoms with Crippen molar-refractivity contribution in [2.24, 2.45) is 0 Å². The summed E-state index contributed by atoms with van der Waals surface area (Å²) in [4.78, 5) is 37.8. The lowest BCUT2D eigenvalue weighted by atomic mass is 9.96. The molecule has 37 heavy (non-hydrogen) atoms. The Labute approximate surface area is 217 Å². The minimum Gasteiger partial charge on any atom is -0.505 e. The maximum Gasteiger partial charge on any atom is 0.301 e. The van der Waals surface area contributed by atoms with Gasteiger partial charge in [-0.05, 0) is 62.6 Å². The van der Waals surface area contributed by atoms with Crippen LogP contribution < -0.4 is 4.90 Å². The summed E-state index contributed by atoms with van der Waals surface area (Å²) >= 11 is 1.35. The Morgan fingerprint density at radius 3 is 2.41 bits per heavy atom. The third-order valence-corrected chi connectivity index (χ3v) is 7.90. The summed E-state index contributed by atoms with van der Waals surface area (Å²) < 4.78 is 2.79. The molecular weight excluding hydrogens is 484 g/mol. The molecule has 8 heteroatoms. The number of anilines is 1. The number of aromatic nitrogens is 3. The summed E-state index contributed by atoms with van der Waals surface area (Å²) in [5.74, 6) is -1.77. The van der Waals surface area contributed by atoms with Gasteiger partial charge in [0.25, 0.3) is 5.78 Å². The van der Waals surface area contributed by atoms with Crippen LogP contribution in [0.4, 0.5) is 5.13 Å². The largest absolute Gasteiger partial charge is 0.505 e. The zero-order valence-corrected chi connectivity index (χ0v) is 21.6. The van der Waals surface area contributed by atoms with Gasteiger partial charge in [-0.25, -0.2) is 9.97 Å². The third-order valence-electron chi connectivity index (χ3n) is 6.88. The van der Waals surface area contributed by atoms with Crippen LogP contribution in [0, 0.1) is 27.7 Å². The number of fused-ring (bicyclic) bond motifs is 2. The number of carbonyl (C=O) groups is 2. The van der Waals surface area contributed by atoms with Gasteiger partial charge >= 0.3 is 5.91 Å². The highest BCUT2D eigenvalue weighted by Gasteiger charge is 2.48. The number of ketones is 1. The van der Waals surface area contributed by atoms with E-state index in [1.54, 1.807) is 0 Å². The first-order valence-corrected chi connectivity index (χ1v) is 12.8. The first-order chi connectivity index (χ1) is 17.7. The third kappa shape index (κ3) is 3.55. The van der Waals surface area contributed by atoms with Crippen molar-refractivity contribution in [2.45, 2.75) is 33.7 Å². The van der Waals surface area contributed by atoms with E-state index in [1.165, 1.54) is 16.2 Å². The quantitative estimate of drug-likeness (QED) is 0.189. The second-order valence-corrected chi connectivity index (χ2v) is 10.5. The van der Waals surface area contributed by atoms with Crippen molar-refractivity contribution in [3.05, 3.63) is 100 Å². The number of aliphatic hydroxyl groups excluding tert-OH is 1. The van der Waals surface area contributed by atoms with Crippen molar-refractivity contribution in [3.63, 3.8) is 0 Å². The van der Waals surface area contributed by atoms with E-state index in [0.29, 0.717) is 22.0 Å². The van der Waals surface area contributed by atoms with Crippen molar-refractivity contribution in [2.75, 3.05) is 4.90 Å². The van der Waals surface area contributed by atoms with E-state index in [4.69, 9.17) is 4.98 Å². The summed E-state index contributed by atoms with van der Waals surface area (Å²) in [7, 11) is 0. The number of pyridine rings is 1. The molecule has 1 fully saturated rings. The second-order valence-electron chi connectivity index (χ2n) is 9.48. The van der Waals surface area contributed by atoms with E-state index in [-0.39, 0.29) is 17.0 Å². The predicted octanol–water partition coefficient (Wildman–Crippen LogP) is 5.80. The lowest BCUT2D eigenvalue weighted by Crippen LogP contribution is -2.29. The van der Waals surface area contributed by atoms with Crippen molar-refractivity contribution >= 4 is 49.8 Å². The molecule has 0 spiro atoms. The molecule has 1 aliphatic heterocycles. The van der Waals surface area contributed by atoms with Gasteiger partial charge in [-0.1, -0.05) is 53.3 Å². The fraction of sp³-hybridized carbons (Fsp3) is 0.172. The molecule has 1 amide bonds. The monoisotopic (exact) mass is 508 g/mol. The number of nitrogens with zero attached hydrogens (tertiary/aromatic N) is 4. The molecule has 1 saturated heterocycles. The van der Waals surface area contributed by atoms with E-state index in [0.717, 1.165) is 26.9 Å². The highest BCUT2D eigenvalue weighted by Crippen LogP contribution is 2.44. The summed E-state index contributed by atoms with van der Waals surface area (Å²) in [6, 6.07) is 16.5. The lowest BCUT2D eigenvalue weighted by molar-refractivity contribution is -0.132.